The molecule has 0 heterocycles. The Morgan fingerprint density at radius 1 is 1.36 bits per heavy atom. The molecule has 0 aliphatic heterocycles. The molecule has 3 N–H and O–H groups in total. The van der Waals surface area contributed by atoms with Gasteiger partial charge in [-0.2, -0.15) is 0 Å². The van der Waals surface area contributed by atoms with Gasteiger partial charge in [-0.25, -0.2) is 0 Å². The molecule has 0 radical (unpaired) electrons. The zero-order chi connectivity index (χ0) is 11.0. The predicted molar refractivity (Wildman–Crippen MR) is 63.8 cm³/mol. The van der Waals surface area contributed by atoms with E-state index in [1.54, 1.807) is 0 Å². The summed E-state index contributed by atoms with van der Waals surface area (Å²) in [6.45, 7) is 8.72. The van der Waals surface area contributed by atoms with Gasteiger partial charge >= 0.3 is 0 Å². The first-order chi connectivity index (χ1) is 6.65. The maximum absolute atomic E-state index is 5.57. The second-order valence-corrected chi connectivity index (χ2v) is 4.25. The van der Waals surface area contributed by atoms with Crippen LogP contribution in [-0.2, 0) is 0 Å². The van der Waals surface area contributed by atoms with Gasteiger partial charge in [0, 0.05) is 6.04 Å². The van der Waals surface area contributed by atoms with Crippen LogP contribution in [0.1, 0.15) is 53.4 Å². The number of nitrogens with one attached hydrogen (secondary N) is 1. The van der Waals surface area contributed by atoms with Gasteiger partial charge in [0.05, 0.1) is 0 Å². The first-order valence-corrected chi connectivity index (χ1v) is 5.76. The number of hydrogen-bond acceptors (Lipinski definition) is 2. The monoisotopic (exact) mass is 198 g/mol. The van der Waals surface area contributed by atoms with Crippen molar-refractivity contribution < 1.29 is 0 Å². The third kappa shape index (κ3) is 5.40. The summed E-state index contributed by atoms with van der Waals surface area (Å²) >= 11 is 0. The maximum atomic E-state index is 5.57. The lowest BCUT2D eigenvalue weighted by Crippen LogP contribution is -2.39. The van der Waals surface area contributed by atoms with Crippen LogP contribution in [0.25, 0.3) is 0 Å². The van der Waals surface area contributed by atoms with Gasteiger partial charge in [0.25, 0.3) is 0 Å². The van der Waals surface area contributed by atoms with Crippen molar-refractivity contribution in [2.45, 2.75) is 59.4 Å². The molecule has 0 saturated carbocycles. The fourth-order valence-corrected chi connectivity index (χ4v) is 1.78. The van der Waals surface area contributed by atoms with Crippen LogP contribution in [0.4, 0.5) is 0 Å². The molecule has 0 aromatic carbocycles. The summed E-state index contributed by atoms with van der Waals surface area (Å²) in [7, 11) is 0. The van der Waals surface area contributed by atoms with Gasteiger partial charge in [-0.1, -0.05) is 44.8 Å². The van der Waals surface area contributed by atoms with Crippen LogP contribution in [0, 0.1) is 5.92 Å². The minimum Gasteiger partial charge on any atom is -0.271 e. The summed E-state index contributed by atoms with van der Waals surface area (Å²) in [5.41, 5.74) is 4.25. The van der Waals surface area contributed by atoms with E-state index in [-0.39, 0.29) is 0 Å². The van der Waals surface area contributed by atoms with Crippen molar-refractivity contribution in [2.24, 2.45) is 11.8 Å². The van der Waals surface area contributed by atoms with Crippen molar-refractivity contribution in [1.82, 2.24) is 5.43 Å². The van der Waals surface area contributed by atoms with Gasteiger partial charge in [-0.05, 0) is 26.2 Å². The summed E-state index contributed by atoms with van der Waals surface area (Å²) in [6.07, 6.45) is 7.27. The Bertz CT molecular complexity index is 160. The van der Waals surface area contributed by atoms with Crippen LogP contribution in [0.15, 0.2) is 11.6 Å². The van der Waals surface area contributed by atoms with Crippen LogP contribution in [0.3, 0.4) is 0 Å². The number of rotatable bonds is 7. The minimum atomic E-state index is 0.344. The number of allylic oxidation sites excluding steroid dienone is 1. The molecule has 2 unspecified atom stereocenters. The molecule has 2 atom stereocenters. The smallest absolute Gasteiger partial charge is 0.0421 e. The first-order valence-electron chi connectivity index (χ1n) is 5.76. The Labute approximate surface area is 88.9 Å². The highest BCUT2D eigenvalue weighted by molar-refractivity contribution is 5.02. The summed E-state index contributed by atoms with van der Waals surface area (Å²) in [4.78, 5) is 0. The zero-order valence-electron chi connectivity index (χ0n) is 10.1. The molecular weight excluding hydrogens is 172 g/mol. The SMILES string of the molecule is CCCCC(CC)C(C=C(C)C)NN. The number of unbranched alkanes of at least 4 members (excludes halogenated alkanes) is 1. The average molecular weight is 198 g/mol. The number of nitrogens with two attached hydrogens (primary N) is 1. The molecule has 0 aliphatic rings. The van der Waals surface area contributed by atoms with Crippen LogP contribution < -0.4 is 11.3 Å². The van der Waals surface area contributed by atoms with Gasteiger partial charge in [-0.3, -0.25) is 11.3 Å². The van der Waals surface area contributed by atoms with E-state index in [1.165, 1.54) is 31.3 Å². The van der Waals surface area contributed by atoms with Gasteiger partial charge in [0.1, 0.15) is 0 Å². The number of hydrogen-bond donors (Lipinski definition) is 2. The third-order valence-electron chi connectivity index (χ3n) is 2.67. The molecule has 0 rings (SSSR count). The molecule has 0 aliphatic carbocycles. The third-order valence-corrected chi connectivity index (χ3v) is 2.67. The van der Waals surface area contributed by atoms with Gasteiger partial charge < -0.3 is 0 Å². The van der Waals surface area contributed by atoms with E-state index >= 15 is 0 Å². The van der Waals surface area contributed by atoms with E-state index in [9.17, 15) is 0 Å². The second-order valence-electron chi connectivity index (χ2n) is 4.25. The highest BCUT2D eigenvalue weighted by Gasteiger charge is 2.15. The maximum Gasteiger partial charge on any atom is 0.0421 e. The zero-order valence-corrected chi connectivity index (χ0v) is 10.1. The molecule has 0 aromatic rings. The van der Waals surface area contributed by atoms with Crippen molar-refractivity contribution >= 4 is 0 Å². The van der Waals surface area contributed by atoms with Gasteiger partial charge in [-0.15, -0.1) is 0 Å². The molecular formula is C12H26N2. The molecule has 14 heavy (non-hydrogen) atoms. The summed E-state index contributed by atoms with van der Waals surface area (Å²) in [5, 5.41) is 0. The van der Waals surface area contributed by atoms with E-state index in [0.29, 0.717) is 12.0 Å². The lowest BCUT2D eigenvalue weighted by atomic mass is 9.91. The quantitative estimate of drug-likeness (QED) is 0.375. The largest absolute Gasteiger partial charge is 0.271 e. The number of hydrazine groups is 1. The minimum absolute atomic E-state index is 0.344. The van der Waals surface area contributed by atoms with Gasteiger partial charge in [0.2, 0.25) is 0 Å². The lowest BCUT2D eigenvalue weighted by molar-refractivity contribution is 0.364. The molecule has 0 amide bonds. The van der Waals surface area contributed by atoms with E-state index < -0.39 is 0 Å². The Kier molecular flexibility index (Phi) is 7.81. The van der Waals surface area contributed by atoms with Crippen molar-refractivity contribution in [2.75, 3.05) is 0 Å². The van der Waals surface area contributed by atoms with E-state index in [1.807, 2.05) is 0 Å². The highest BCUT2D eigenvalue weighted by Crippen LogP contribution is 2.18. The Hall–Kier alpha value is -0.340. The molecule has 0 spiro atoms. The Morgan fingerprint density at radius 2 is 2.00 bits per heavy atom. The molecule has 84 valence electrons. The normalized spacial score (nSPS) is 14.9. The van der Waals surface area contributed by atoms with Crippen LogP contribution >= 0.6 is 0 Å². The molecule has 0 aromatic heterocycles. The molecule has 2 nitrogen and oxygen atoms in total. The molecule has 0 saturated heterocycles. The fourth-order valence-electron chi connectivity index (χ4n) is 1.78. The Balaban J connectivity index is 4.21. The molecule has 0 bridgehead atoms. The fraction of sp³-hybridized carbons (Fsp3) is 0.833. The van der Waals surface area contributed by atoms with Crippen molar-refractivity contribution in [3.05, 3.63) is 11.6 Å². The molecule has 0 fully saturated rings. The van der Waals surface area contributed by atoms with E-state index in [0.717, 1.165) is 0 Å². The van der Waals surface area contributed by atoms with Crippen molar-refractivity contribution in [3.8, 4) is 0 Å². The van der Waals surface area contributed by atoms with Crippen molar-refractivity contribution in [1.29, 1.82) is 0 Å². The van der Waals surface area contributed by atoms with Crippen LogP contribution in [0.5, 0.6) is 0 Å². The Morgan fingerprint density at radius 3 is 2.36 bits per heavy atom. The van der Waals surface area contributed by atoms with Crippen molar-refractivity contribution in [3.63, 3.8) is 0 Å². The van der Waals surface area contributed by atoms with E-state index in [2.05, 4.69) is 39.2 Å². The van der Waals surface area contributed by atoms with E-state index in [4.69, 9.17) is 5.84 Å². The lowest BCUT2D eigenvalue weighted by Gasteiger charge is -2.23. The average Bonchev–Trinajstić information content (AvgIpc) is 2.16. The standard InChI is InChI=1S/C12H26N2/c1-5-7-8-11(6-2)12(14-13)9-10(3)4/h9,11-12,14H,5-8,13H2,1-4H3. The highest BCUT2D eigenvalue weighted by atomic mass is 15.2. The van der Waals surface area contributed by atoms with Gasteiger partial charge in [0.15, 0.2) is 0 Å². The van der Waals surface area contributed by atoms with Crippen LogP contribution in [0.2, 0.25) is 0 Å². The topological polar surface area (TPSA) is 38.0 Å². The summed E-state index contributed by atoms with van der Waals surface area (Å²) < 4.78 is 0. The summed E-state index contributed by atoms with van der Waals surface area (Å²) in [5.74, 6) is 6.25. The summed E-state index contributed by atoms with van der Waals surface area (Å²) in [6, 6.07) is 0.344. The predicted octanol–water partition coefficient (Wildman–Crippen LogP) is 3.00. The first kappa shape index (κ1) is 13.7. The molecule has 2 heteroatoms. The van der Waals surface area contributed by atoms with Crippen LogP contribution in [-0.4, -0.2) is 6.04 Å². The second kappa shape index (κ2) is 8.01.